The first-order chi connectivity index (χ1) is 10.9. The van der Waals surface area contributed by atoms with Crippen LogP contribution in [0.3, 0.4) is 0 Å². The van der Waals surface area contributed by atoms with Crippen LogP contribution in [-0.2, 0) is 21.4 Å². The van der Waals surface area contributed by atoms with Crippen molar-refractivity contribution in [2.24, 2.45) is 0 Å². The molecule has 1 aliphatic heterocycles. The molecule has 5 rings (SSSR count). The number of hydrogen-bond donors (Lipinski definition) is 0. The zero-order chi connectivity index (χ0) is 14.5. The van der Waals surface area contributed by atoms with E-state index in [-0.39, 0.29) is 12.4 Å². The number of fused-ring (bicyclic) bond motifs is 2. The van der Waals surface area contributed by atoms with Gasteiger partial charge in [-0.05, 0) is 0 Å². The third-order valence-electron chi connectivity index (χ3n) is 5.46. The summed E-state index contributed by atoms with van der Waals surface area (Å²) in [6.07, 6.45) is 9.76. The third kappa shape index (κ3) is 2.62. The van der Waals surface area contributed by atoms with Crippen LogP contribution in [0.25, 0.3) is 12.2 Å². The Bertz CT molecular complexity index is 726. The van der Waals surface area contributed by atoms with Crippen molar-refractivity contribution < 1.29 is 33.8 Å². The third-order valence-corrected chi connectivity index (χ3v) is 15.3. The Morgan fingerprint density at radius 2 is 1.22 bits per heavy atom. The summed E-state index contributed by atoms with van der Waals surface area (Å²) in [4.78, 5) is 0. The summed E-state index contributed by atoms with van der Waals surface area (Å²) in [5.41, 5.74) is 6.10. The average Bonchev–Trinajstić information content (AvgIpc) is 3.17. The summed E-state index contributed by atoms with van der Waals surface area (Å²) in [6, 6.07) is 18.1. The largest absolute Gasteiger partial charge is 1.00 e. The van der Waals surface area contributed by atoms with Gasteiger partial charge in [-0.2, -0.15) is 0 Å². The van der Waals surface area contributed by atoms with Crippen LogP contribution in [0.15, 0.2) is 60.7 Å². The molecule has 2 heteroatoms. The van der Waals surface area contributed by atoms with Gasteiger partial charge in [-0.15, -0.1) is 0 Å². The van der Waals surface area contributed by atoms with Gasteiger partial charge < -0.3 is 12.4 Å². The first-order valence-electron chi connectivity index (χ1n) is 8.31. The van der Waals surface area contributed by atoms with Crippen LogP contribution in [0, 0.1) is 0 Å². The SMILES string of the molecule is C1=CC([CH](C2C=Cc3ccccc32)[Hf+]2[CH2][CH2]2)c2ccccc21.[Cl-]. The normalized spacial score (nSPS) is 24.1. The maximum absolute atomic E-state index is 2.51. The molecule has 23 heavy (non-hydrogen) atoms. The zero-order valence-electron chi connectivity index (χ0n) is 13.0. The number of rotatable bonds is 3. The first kappa shape index (κ1) is 15.6. The van der Waals surface area contributed by atoms with E-state index in [1.807, 2.05) is 0 Å². The van der Waals surface area contributed by atoms with Crippen LogP contribution < -0.4 is 12.4 Å². The van der Waals surface area contributed by atoms with Crippen molar-refractivity contribution in [3.05, 3.63) is 82.9 Å². The summed E-state index contributed by atoms with van der Waals surface area (Å²) >= 11 is -1.34. The molecule has 0 radical (unpaired) electrons. The molecular formula is C21H19ClHf. The van der Waals surface area contributed by atoms with Crippen LogP contribution >= 0.6 is 0 Å². The molecule has 1 heterocycles. The molecule has 0 N–H and O–H groups in total. The average molecular weight is 485 g/mol. The minimum Gasteiger partial charge on any atom is -1.00 e. The second-order valence-electron chi connectivity index (χ2n) is 6.71. The van der Waals surface area contributed by atoms with Gasteiger partial charge in [-0.1, -0.05) is 0 Å². The number of benzene rings is 2. The van der Waals surface area contributed by atoms with E-state index in [0.717, 1.165) is 3.67 Å². The van der Waals surface area contributed by atoms with Gasteiger partial charge in [0.05, 0.1) is 0 Å². The molecule has 0 nitrogen and oxygen atoms in total. The minimum absolute atomic E-state index is 0. The standard InChI is InChI=1S/C19H15.C2H4.ClH.Hf/c1-3-7-18-14(5-1)9-11-16(18)13-17-12-10-15-6-2-4-8-19(15)17;1-2;;/h1-13,16-17H;1-2H2;1H;/q;;;+1/p-1. The van der Waals surface area contributed by atoms with Crippen molar-refractivity contribution >= 4 is 12.2 Å². The Morgan fingerprint density at radius 3 is 1.70 bits per heavy atom. The van der Waals surface area contributed by atoms with E-state index in [1.165, 1.54) is 11.1 Å². The van der Waals surface area contributed by atoms with Crippen LogP contribution in [-0.4, -0.2) is 0 Å². The van der Waals surface area contributed by atoms with E-state index in [4.69, 9.17) is 0 Å². The van der Waals surface area contributed by atoms with E-state index in [0.29, 0.717) is 11.8 Å². The molecule has 0 saturated carbocycles. The van der Waals surface area contributed by atoms with Crippen LogP contribution in [0.4, 0.5) is 0 Å². The topological polar surface area (TPSA) is 0 Å². The molecule has 3 aliphatic rings. The Morgan fingerprint density at radius 1 is 0.739 bits per heavy atom. The number of halogens is 1. The molecule has 2 unspecified atom stereocenters. The molecule has 0 bridgehead atoms. The fourth-order valence-corrected chi connectivity index (χ4v) is 17.2. The van der Waals surface area contributed by atoms with Crippen molar-refractivity contribution in [1.82, 2.24) is 0 Å². The maximum Gasteiger partial charge on any atom is -1.00 e. The first-order valence-corrected chi connectivity index (χ1v) is 15.5. The van der Waals surface area contributed by atoms with Gasteiger partial charge in [0.1, 0.15) is 0 Å². The van der Waals surface area contributed by atoms with Gasteiger partial charge in [0, 0.05) is 0 Å². The number of allylic oxidation sites excluding steroid dienone is 2. The molecule has 1 fully saturated rings. The number of hydrogen-bond acceptors (Lipinski definition) is 0. The molecule has 2 atom stereocenters. The molecule has 0 spiro atoms. The van der Waals surface area contributed by atoms with Crippen molar-refractivity contribution in [1.29, 1.82) is 0 Å². The van der Waals surface area contributed by atoms with E-state index < -0.39 is 21.4 Å². The predicted molar refractivity (Wildman–Crippen MR) is 89.8 cm³/mol. The van der Waals surface area contributed by atoms with Crippen LogP contribution in [0.1, 0.15) is 34.1 Å². The molecule has 1 saturated heterocycles. The molecule has 0 aromatic heterocycles. The van der Waals surface area contributed by atoms with Gasteiger partial charge >= 0.3 is 140 Å². The smallest absolute Gasteiger partial charge is 1.00 e. The van der Waals surface area contributed by atoms with E-state index in [9.17, 15) is 0 Å². The minimum atomic E-state index is -1.34. The summed E-state index contributed by atoms with van der Waals surface area (Å²) in [6.45, 7) is 0. The van der Waals surface area contributed by atoms with Gasteiger partial charge in [-0.25, -0.2) is 0 Å². The monoisotopic (exact) mass is 486 g/mol. The van der Waals surface area contributed by atoms with Gasteiger partial charge in [-0.3, -0.25) is 0 Å². The van der Waals surface area contributed by atoms with E-state index in [2.05, 4.69) is 72.8 Å². The fraction of sp³-hybridized carbons (Fsp3) is 0.238. The van der Waals surface area contributed by atoms with E-state index in [1.54, 1.807) is 19.5 Å². The van der Waals surface area contributed by atoms with Gasteiger partial charge in [0.25, 0.3) is 0 Å². The van der Waals surface area contributed by atoms with Crippen LogP contribution in [0.2, 0.25) is 12.0 Å². The van der Waals surface area contributed by atoms with E-state index >= 15 is 0 Å². The molecule has 2 aromatic carbocycles. The second-order valence-corrected chi connectivity index (χ2v) is 17.4. The summed E-state index contributed by atoms with van der Waals surface area (Å²) in [5.74, 6) is 1.36. The molecular weight excluding hydrogens is 466 g/mol. The van der Waals surface area contributed by atoms with Crippen LogP contribution in [0.5, 0.6) is 0 Å². The Hall–Kier alpha value is -0.920. The molecule has 2 aromatic rings. The summed E-state index contributed by atoms with van der Waals surface area (Å²) in [5, 5.41) is 0. The van der Waals surface area contributed by atoms with Crippen molar-refractivity contribution in [2.75, 3.05) is 0 Å². The zero-order valence-corrected chi connectivity index (χ0v) is 17.3. The summed E-state index contributed by atoms with van der Waals surface area (Å²) in [7, 11) is 0. The quantitative estimate of drug-likeness (QED) is 0.587. The van der Waals surface area contributed by atoms with Crippen molar-refractivity contribution in [3.63, 3.8) is 0 Å². The Kier molecular flexibility index (Phi) is 4.19. The van der Waals surface area contributed by atoms with Crippen molar-refractivity contribution in [2.45, 2.75) is 23.9 Å². The fourth-order valence-electron chi connectivity index (χ4n) is 4.32. The predicted octanol–water partition coefficient (Wildman–Crippen LogP) is 2.87. The van der Waals surface area contributed by atoms with Gasteiger partial charge in [0.2, 0.25) is 0 Å². The van der Waals surface area contributed by atoms with Crippen molar-refractivity contribution in [3.8, 4) is 0 Å². The molecule has 0 amide bonds. The Labute approximate surface area is 152 Å². The summed E-state index contributed by atoms with van der Waals surface area (Å²) < 4.78 is 4.17. The Balaban J connectivity index is 0.00000135. The van der Waals surface area contributed by atoms with Gasteiger partial charge in [0.15, 0.2) is 0 Å². The second kappa shape index (κ2) is 6.18. The molecule has 2 aliphatic carbocycles. The maximum atomic E-state index is 2.51. The molecule has 114 valence electrons.